The van der Waals surface area contributed by atoms with Gasteiger partial charge in [0.1, 0.15) is 18.8 Å². The average Bonchev–Trinajstić information content (AvgIpc) is 2.71. The topological polar surface area (TPSA) is 51.5 Å². The Balaban J connectivity index is 1.59. The van der Waals surface area contributed by atoms with Crippen LogP contribution < -0.4 is 10.2 Å². The molecule has 0 atom stereocenters. The molecule has 0 spiro atoms. The Bertz CT molecular complexity index is 935. The fourth-order valence-corrected chi connectivity index (χ4v) is 3.60. The third-order valence-electron chi connectivity index (χ3n) is 5.44. The van der Waals surface area contributed by atoms with Gasteiger partial charge in [0, 0.05) is 16.3 Å². The van der Waals surface area contributed by atoms with Crippen LogP contribution in [0.5, 0.6) is 0 Å². The molecule has 1 aliphatic rings. The summed E-state index contributed by atoms with van der Waals surface area (Å²) in [5.41, 5.74) is 4.62. The summed E-state index contributed by atoms with van der Waals surface area (Å²) in [5.74, 6) is 0.867. The van der Waals surface area contributed by atoms with Crippen LogP contribution in [0.3, 0.4) is 0 Å². The monoisotopic (exact) mass is 363 g/mol. The van der Waals surface area contributed by atoms with Gasteiger partial charge >= 0.3 is 0 Å². The largest absolute Gasteiger partial charge is 0.370 e. The van der Waals surface area contributed by atoms with Crippen LogP contribution in [-0.4, -0.2) is 49.6 Å². The predicted octanol–water partition coefficient (Wildman–Crippen LogP) is 2.24. The predicted molar refractivity (Wildman–Crippen MR) is 109 cm³/mol. The standard InChI is InChI=1S/C22H26N4O/c1-16-7-8-18(15-17(16)2)21-19-5-3-4-6-20(19)22(25-24-21)23-9-10-26-11-13-27-14-12-26/h3-8,15H,9-14H2,1-2H3,(H,23,25)/p+1. The molecule has 2 aromatic carbocycles. The quantitative estimate of drug-likeness (QED) is 0.730. The lowest BCUT2D eigenvalue weighted by Gasteiger charge is -2.23. The summed E-state index contributed by atoms with van der Waals surface area (Å²) >= 11 is 0. The molecule has 5 nitrogen and oxygen atoms in total. The first-order chi connectivity index (χ1) is 13.2. The Labute approximate surface area is 160 Å². The van der Waals surface area contributed by atoms with Gasteiger partial charge in [-0.3, -0.25) is 0 Å². The van der Waals surface area contributed by atoms with Crippen LogP contribution in [0.15, 0.2) is 42.5 Å². The summed E-state index contributed by atoms with van der Waals surface area (Å²) in [4.78, 5) is 1.58. The molecule has 5 heteroatoms. The third kappa shape index (κ3) is 3.94. The number of benzene rings is 2. The lowest BCUT2D eigenvalue weighted by Crippen LogP contribution is -3.14. The molecule has 140 valence electrons. The molecule has 1 aromatic heterocycles. The molecule has 0 radical (unpaired) electrons. The van der Waals surface area contributed by atoms with E-state index >= 15 is 0 Å². The molecule has 27 heavy (non-hydrogen) atoms. The van der Waals surface area contributed by atoms with Crippen LogP contribution in [0, 0.1) is 13.8 Å². The van der Waals surface area contributed by atoms with Gasteiger partial charge in [-0.2, -0.15) is 0 Å². The van der Waals surface area contributed by atoms with Crippen LogP contribution in [-0.2, 0) is 4.74 Å². The maximum Gasteiger partial charge on any atom is 0.156 e. The fraction of sp³-hybridized carbons (Fsp3) is 0.364. The van der Waals surface area contributed by atoms with Gasteiger partial charge in [0.2, 0.25) is 0 Å². The highest BCUT2D eigenvalue weighted by Crippen LogP contribution is 2.30. The molecule has 4 rings (SSSR count). The molecule has 0 unspecified atom stereocenters. The maximum atomic E-state index is 5.43. The number of anilines is 1. The van der Waals surface area contributed by atoms with E-state index in [1.807, 2.05) is 0 Å². The minimum absolute atomic E-state index is 0.864. The van der Waals surface area contributed by atoms with Crippen molar-refractivity contribution in [1.29, 1.82) is 0 Å². The zero-order valence-corrected chi connectivity index (χ0v) is 16.1. The second-order valence-electron chi connectivity index (χ2n) is 7.28. The molecule has 1 fully saturated rings. The van der Waals surface area contributed by atoms with Gasteiger partial charge in [0.15, 0.2) is 5.82 Å². The van der Waals surface area contributed by atoms with E-state index in [4.69, 9.17) is 4.74 Å². The minimum Gasteiger partial charge on any atom is -0.370 e. The van der Waals surface area contributed by atoms with E-state index in [1.165, 1.54) is 11.1 Å². The number of nitrogens with one attached hydrogen (secondary N) is 2. The van der Waals surface area contributed by atoms with Gasteiger partial charge in [0.25, 0.3) is 0 Å². The highest BCUT2D eigenvalue weighted by atomic mass is 16.5. The second-order valence-corrected chi connectivity index (χ2v) is 7.28. The third-order valence-corrected chi connectivity index (χ3v) is 5.44. The van der Waals surface area contributed by atoms with Crippen molar-refractivity contribution in [1.82, 2.24) is 10.2 Å². The van der Waals surface area contributed by atoms with Crippen LogP contribution in [0.25, 0.3) is 22.0 Å². The molecular formula is C22H27N4O+. The smallest absolute Gasteiger partial charge is 0.156 e. The first-order valence-corrected chi connectivity index (χ1v) is 9.70. The number of hydrogen-bond donors (Lipinski definition) is 2. The van der Waals surface area contributed by atoms with Gasteiger partial charge in [0.05, 0.1) is 26.3 Å². The molecular weight excluding hydrogens is 336 g/mol. The Hall–Kier alpha value is -2.50. The van der Waals surface area contributed by atoms with E-state index in [1.54, 1.807) is 4.90 Å². The molecule has 0 amide bonds. The first kappa shape index (κ1) is 17.9. The van der Waals surface area contributed by atoms with Crippen molar-refractivity contribution >= 4 is 16.6 Å². The maximum absolute atomic E-state index is 5.43. The molecule has 1 saturated heterocycles. The van der Waals surface area contributed by atoms with Gasteiger partial charge in [-0.05, 0) is 31.0 Å². The van der Waals surface area contributed by atoms with Crippen LogP contribution in [0.1, 0.15) is 11.1 Å². The average molecular weight is 363 g/mol. The van der Waals surface area contributed by atoms with E-state index < -0.39 is 0 Å². The molecule has 1 aliphatic heterocycles. The number of morpholine rings is 1. The number of aryl methyl sites for hydroxylation is 2. The normalized spacial score (nSPS) is 15.2. The van der Waals surface area contributed by atoms with Gasteiger partial charge in [-0.1, -0.05) is 36.4 Å². The Morgan fingerprint density at radius 3 is 2.52 bits per heavy atom. The lowest BCUT2D eigenvalue weighted by molar-refractivity contribution is -0.906. The highest BCUT2D eigenvalue weighted by molar-refractivity contribution is 6.00. The van der Waals surface area contributed by atoms with E-state index in [2.05, 4.69) is 71.8 Å². The summed E-state index contributed by atoms with van der Waals surface area (Å²) in [6.07, 6.45) is 0. The van der Waals surface area contributed by atoms with E-state index in [-0.39, 0.29) is 0 Å². The number of fused-ring (bicyclic) bond motifs is 1. The molecule has 2 heterocycles. The van der Waals surface area contributed by atoms with Crippen molar-refractivity contribution in [2.24, 2.45) is 0 Å². The Morgan fingerprint density at radius 2 is 1.74 bits per heavy atom. The summed E-state index contributed by atoms with van der Waals surface area (Å²) in [7, 11) is 0. The number of ether oxygens (including phenoxy) is 1. The number of rotatable bonds is 5. The number of nitrogens with zero attached hydrogens (tertiary/aromatic N) is 2. The van der Waals surface area contributed by atoms with E-state index in [0.717, 1.165) is 67.2 Å². The first-order valence-electron chi connectivity index (χ1n) is 9.70. The zero-order valence-electron chi connectivity index (χ0n) is 16.1. The fourth-order valence-electron chi connectivity index (χ4n) is 3.60. The summed E-state index contributed by atoms with van der Waals surface area (Å²) < 4.78 is 5.43. The lowest BCUT2D eigenvalue weighted by atomic mass is 10.0. The Morgan fingerprint density at radius 1 is 0.963 bits per heavy atom. The molecule has 2 N–H and O–H groups in total. The van der Waals surface area contributed by atoms with Gasteiger partial charge in [-0.15, -0.1) is 10.2 Å². The molecule has 0 saturated carbocycles. The van der Waals surface area contributed by atoms with Crippen molar-refractivity contribution in [3.05, 3.63) is 53.6 Å². The highest BCUT2D eigenvalue weighted by Gasteiger charge is 2.14. The molecule has 0 bridgehead atoms. The number of quaternary nitrogens is 1. The van der Waals surface area contributed by atoms with Crippen molar-refractivity contribution in [2.45, 2.75) is 13.8 Å². The van der Waals surface area contributed by atoms with Crippen molar-refractivity contribution < 1.29 is 9.64 Å². The van der Waals surface area contributed by atoms with Crippen LogP contribution >= 0.6 is 0 Å². The van der Waals surface area contributed by atoms with Crippen LogP contribution in [0.2, 0.25) is 0 Å². The molecule has 3 aromatic rings. The van der Waals surface area contributed by atoms with E-state index in [9.17, 15) is 0 Å². The molecule has 0 aliphatic carbocycles. The second kappa shape index (κ2) is 8.03. The van der Waals surface area contributed by atoms with Crippen molar-refractivity contribution in [3.8, 4) is 11.3 Å². The summed E-state index contributed by atoms with van der Waals surface area (Å²) in [6, 6.07) is 14.9. The summed E-state index contributed by atoms with van der Waals surface area (Å²) in [5, 5.41) is 14.9. The van der Waals surface area contributed by atoms with Crippen molar-refractivity contribution in [2.75, 3.05) is 44.7 Å². The Kier molecular flexibility index (Phi) is 5.32. The van der Waals surface area contributed by atoms with Gasteiger partial charge < -0.3 is 15.0 Å². The van der Waals surface area contributed by atoms with E-state index in [0.29, 0.717) is 0 Å². The number of hydrogen-bond acceptors (Lipinski definition) is 4. The summed E-state index contributed by atoms with van der Waals surface area (Å²) in [6.45, 7) is 10.1. The number of aromatic nitrogens is 2. The van der Waals surface area contributed by atoms with Crippen LogP contribution in [0.4, 0.5) is 5.82 Å². The minimum atomic E-state index is 0.864. The SMILES string of the molecule is Cc1ccc(-c2nnc(NCC[NH+]3CCOCC3)c3ccccc23)cc1C. The van der Waals surface area contributed by atoms with Gasteiger partial charge in [-0.25, -0.2) is 0 Å². The van der Waals surface area contributed by atoms with Crippen molar-refractivity contribution in [3.63, 3.8) is 0 Å². The zero-order chi connectivity index (χ0) is 18.6.